The van der Waals surface area contributed by atoms with Crippen LogP contribution in [0.25, 0.3) is 5.70 Å². The van der Waals surface area contributed by atoms with E-state index in [2.05, 4.69) is 49.7 Å². The highest BCUT2D eigenvalue weighted by atomic mass is 19.1. The zero-order valence-electron chi connectivity index (χ0n) is 15.0. The first-order valence-corrected chi connectivity index (χ1v) is 8.21. The van der Waals surface area contributed by atoms with Crippen LogP contribution in [-0.2, 0) is 6.42 Å². The standard InChI is InChI=1S/C22H26FN/c1-14(2)22(12-19-9-7-15(3)8-10-19)24-18(6)20-13-21(23)17(5)11-16(20)4/h7-11,13,22,24H,1,6,12H2,2-5H3. The molecule has 2 aromatic carbocycles. The molecule has 0 bridgehead atoms. The smallest absolute Gasteiger partial charge is 0.126 e. The number of aryl methyl sites for hydroxylation is 3. The van der Waals surface area contributed by atoms with E-state index in [1.165, 1.54) is 11.1 Å². The molecule has 2 heteroatoms. The van der Waals surface area contributed by atoms with Gasteiger partial charge in [-0.1, -0.05) is 54.6 Å². The quantitative estimate of drug-likeness (QED) is 0.692. The lowest BCUT2D eigenvalue weighted by atomic mass is 9.98. The third kappa shape index (κ3) is 4.35. The van der Waals surface area contributed by atoms with Crippen molar-refractivity contribution in [1.29, 1.82) is 0 Å². The van der Waals surface area contributed by atoms with Crippen molar-refractivity contribution in [3.05, 3.63) is 88.8 Å². The fourth-order valence-electron chi connectivity index (χ4n) is 2.75. The zero-order valence-corrected chi connectivity index (χ0v) is 15.0. The van der Waals surface area contributed by atoms with Gasteiger partial charge < -0.3 is 5.32 Å². The number of rotatable bonds is 6. The minimum Gasteiger partial charge on any atom is -0.378 e. The summed E-state index contributed by atoms with van der Waals surface area (Å²) in [7, 11) is 0. The molecule has 126 valence electrons. The van der Waals surface area contributed by atoms with E-state index in [4.69, 9.17) is 0 Å². The van der Waals surface area contributed by atoms with Crippen LogP contribution in [0.4, 0.5) is 4.39 Å². The summed E-state index contributed by atoms with van der Waals surface area (Å²) in [6, 6.07) is 12.0. The van der Waals surface area contributed by atoms with Gasteiger partial charge in [0, 0.05) is 11.3 Å². The number of hydrogen-bond donors (Lipinski definition) is 1. The molecule has 0 aliphatic rings. The molecule has 0 fully saturated rings. The van der Waals surface area contributed by atoms with E-state index in [9.17, 15) is 4.39 Å². The maximum absolute atomic E-state index is 13.9. The van der Waals surface area contributed by atoms with Crippen molar-refractivity contribution in [2.24, 2.45) is 0 Å². The molecule has 0 spiro atoms. The van der Waals surface area contributed by atoms with Crippen LogP contribution in [0.5, 0.6) is 0 Å². The average Bonchev–Trinajstić information content (AvgIpc) is 2.52. The van der Waals surface area contributed by atoms with E-state index in [1.807, 2.05) is 19.9 Å². The van der Waals surface area contributed by atoms with E-state index in [-0.39, 0.29) is 11.9 Å². The lowest BCUT2D eigenvalue weighted by Crippen LogP contribution is -2.30. The van der Waals surface area contributed by atoms with E-state index in [0.29, 0.717) is 5.56 Å². The molecule has 2 aromatic rings. The maximum Gasteiger partial charge on any atom is 0.126 e. The molecule has 0 radical (unpaired) electrons. The number of halogens is 1. The summed E-state index contributed by atoms with van der Waals surface area (Å²) in [6.07, 6.45) is 0.821. The van der Waals surface area contributed by atoms with Crippen LogP contribution in [0.15, 0.2) is 55.1 Å². The summed E-state index contributed by atoms with van der Waals surface area (Å²) in [5, 5.41) is 3.42. The first-order valence-electron chi connectivity index (χ1n) is 8.21. The highest BCUT2D eigenvalue weighted by Gasteiger charge is 2.14. The third-order valence-corrected chi connectivity index (χ3v) is 4.33. The Kier molecular flexibility index (Phi) is 5.61. The van der Waals surface area contributed by atoms with E-state index in [0.717, 1.165) is 28.8 Å². The second-order valence-corrected chi connectivity index (χ2v) is 6.63. The monoisotopic (exact) mass is 323 g/mol. The molecule has 1 N–H and O–H groups in total. The second kappa shape index (κ2) is 7.48. The van der Waals surface area contributed by atoms with Gasteiger partial charge in [-0.15, -0.1) is 0 Å². The number of hydrogen-bond acceptors (Lipinski definition) is 1. The van der Waals surface area contributed by atoms with Gasteiger partial charge in [0.1, 0.15) is 5.82 Å². The lowest BCUT2D eigenvalue weighted by Gasteiger charge is -2.23. The molecule has 0 aromatic heterocycles. The Morgan fingerprint density at radius 3 is 2.25 bits per heavy atom. The molecule has 1 nitrogen and oxygen atoms in total. The molecule has 0 aliphatic heterocycles. The summed E-state index contributed by atoms with van der Waals surface area (Å²) in [5.41, 5.74) is 6.72. The van der Waals surface area contributed by atoms with Gasteiger partial charge in [0.2, 0.25) is 0 Å². The summed E-state index contributed by atoms with van der Waals surface area (Å²) in [5.74, 6) is -0.205. The fraction of sp³-hybridized carbons (Fsp3) is 0.273. The Bertz CT molecular complexity index is 756. The minimum absolute atomic E-state index is 0.0592. The van der Waals surface area contributed by atoms with E-state index in [1.54, 1.807) is 13.0 Å². The second-order valence-electron chi connectivity index (χ2n) is 6.63. The molecular weight excluding hydrogens is 297 g/mol. The summed E-state index contributed by atoms with van der Waals surface area (Å²) in [4.78, 5) is 0. The van der Waals surface area contributed by atoms with Crippen LogP contribution in [0.2, 0.25) is 0 Å². The maximum atomic E-state index is 13.9. The zero-order chi connectivity index (χ0) is 17.9. The highest BCUT2D eigenvalue weighted by molar-refractivity contribution is 5.65. The van der Waals surface area contributed by atoms with Crippen LogP contribution in [0, 0.1) is 26.6 Å². The predicted octanol–water partition coefficient (Wildman–Crippen LogP) is 5.50. The molecule has 0 amide bonds. The Morgan fingerprint density at radius 2 is 1.67 bits per heavy atom. The lowest BCUT2D eigenvalue weighted by molar-refractivity contribution is 0.616. The Morgan fingerprint density at radius 1 is 1.04 bits per heavy atom. The van der Waals surface area contributed by atoms with Gasteiger partial charge in [-0.05, 0) is 56.9 Å². The van der Waals surface area contributed by atoms with Crippen molar-refractivity contribution in [3.8, 4) is 0 Å². The van der Waals surface area contributed by atoms with Crippen LogP contribution >= 0.6 is 0 Å². The van der Waals surface area contributed by atoms with Crippen molar-refractivity contribution >= 4 is 5.70 Å². The minimum atomic E-state index is -0.205. The molecule has 0 saturated carbocycles. The fourth-order valence-corrected chi connectivity index (χ4v) is 2.75. The summed E-state index contributed by atoms with van der Waals surface area (Å²) >= 11 is 0. The predicted molar refractivity (Wildman–Crippen MR) is 102 cm³/mol. The van der Waals surface area contributed by atoms with Crippen molar-refractivity contribution in [3.63, 3.8) is 0 Å². The van der Waals surface area contributed by atoms with Gasteiger partial charge in [0.15, 0.2) is 0 Å². The Balaban J connectivity index is 2.18. The third-order valence-electron chi connectivity index (χ3n) is 4.33. The molecule has 0 aliphatic carbocycles. The van der Waals surface area contributed by atoms with Crippen LogP contribution in [0.1, 0.15) is 34.7 Å². The average molecular weight is 323 g/mol. The van der Waals surface area contributed by atoms with Gasteiger partial charge in [0.25, 0.3) is 0 Å². The summed E-state index contributed by atoms with van der Waals surface area (Å²) < 4.78 is 13.9. The van der Waals surface area contributed by atoms with Crippen LogP contribution < -0.4 is 5.32 Å². The van der Waals surface area contributed by atoms with Crippen LogP contribution in [-0.4, -0.2) is 6.04 Å². The number of benzene rings is 2. The Labute approximate surface area is 144 Å². The first kappa shape index (κ1) is 18.0. The number of nitrogens with one attached hydrogen (secondary N) is 1. The molecular formula is C22H26FN. The van der Waals surface area contributed by atoms with Crippen molar-refractivity contribution in [2.45, 2.75) is 40.2 Å². The topological polar surface area (TPSA) is 12.0 Å². The molecule has 2 rings (SSSR count). The van der Waals surface area contributed by atoms with Crippen molar-refractivity contribution in [1.82, 2.24) is 5.32 Å². The molecule has 1 atom stereocenters. The van der Waals surface area contributed by atoms with Gasteiger partial charge in [0.05, 0.1) is 6.04 Å². The van der Waals surface area contributed by atoms with E-state index >= 15 is 0 Å². The normalized spacial score (nSPS) is 11.9. The van der Waals surface area contributed by atoms with Gasteiger partial charge in [-0.25, -0.2) is 4.39 Å². The first-order chi connectivity index (χ1) is 11.3. The van der Waals surface area contributed by atoms with Gasteiger partial charge in [-0.2, -0.15) is 0 Å². The molecule has 1 unspecified atom stereocenters. The van der Waals surface area contributed by atoms with E-state index < -0.39 is 0 Å². The largest absolute Gasteiger partial charge is 0.378 e. The van der Waals surface area contributed by atoms with Gasteiger partial charge >= 0.3 is 0 Å². The SMILES string of the molecule is C=C(NC(Cc1ccc(C)cc1)C(=C)C)c1cc(F)c(C)cc1C. The molecule has 0 saturated heterocycles. The summed E-state index contributed by atoms with van der Waals surface area (Å²) in [6.45, 7) is 16.0. The highest BCUT2D eigenvalue weighted by Crippen LogP contribution is 2.21. The van der Waals surface area contributed by atoms with Crippen LogP contribution in [0.3, 0.4) is 0 Å². The van der Waals surface area contributed by atoms with Crippen molar-refractivity contribution in [2.75, 3.05) is 0 Å². The molecule has 24 heavy (non-hydrogen) atoms. The molecule has 0 heterocycles. The van der Waals surface area contributed by atoms with Crippen molar-refractivity contribution < 1.29 is 4.39 Å². The Hall–Kier alpha value is -2.35. The van der Waals surface area contributed by atoms with Gasteiger partial charge in [-0.3, -0.25) is 0 Å².